The molecule has 0 aliphatic heterocycles. The van der Waals surface area contributed by atoms with Crippen molar-refractivity contribution < 1.29 is 9.53 Å². The molecule has 0 radical (unpaired) electrons. The summed E-state index contributed by atoms with van der Waals surface area (Å²) >= 11 is 0. The van der Waals surface area contributed by atoms with Gasteiger partial charge in [-0.1, -0.05) is 32.4 Å². The first-order valence-corrected chi connectivity index (χ1v) is 7.99. The predicted octanol–water partition coefficient (Wildman–Crippen LogP) is 4.54. The quantitative estimate of drug-likeness (QED) is 0.594. The Labute approximate surface area is 121 Å². The number of benzene rings is 1. The summed E-state index contributed by atoms with van der Waals surface area (Å²) in [5, 5.41) is 0. The third-order valence-electron chi connectivity index (χ3n) is 5.30. The third kappa shape index (κ3) is 2.61. The molecule has 0 heterocycles. The van der Waals surface area contributed by atoms with E-state index in [0.717, 1.165) is 24.5 Å². The van der Waals surface area contributed by atoms with Crippen LogP contribution in [0.15, 0.2) is 24.3 Å². The molecule has 1 aromatic carbocycles. The maximum atomic E-state index is 12.3. The van der Waals surface area contributed by atoms with E-state index in [1.165, 1.54) is 24.8 Å². The molecule has 2 heteroatoms. The molecular formula is C18H24O2. The molecule has 108 valence electrons. The number of fused-ring (bicyclic) bond motifs is 2. The van der Waals surface area contributed by atoms with Gasteiger partial charge < -0.3 is 4.74 Å². The average Bonchev–Trinajstić information content (AvgIpc) is 3.09. The maximum Gasteiger partial charge on any atom is 0.314 e. The van der Waals surface area contributed by atoms with E-state index in [-0.39, 0.29) is 11.9 Å². The topological polar surface area (TPSA) is 26.3 Å². The fourth-order valence-electron chi connectivity index (χ4n) is 3.85. The van der Waals surface area contributed by atoms with Crippen molar-refractivity contribution in [2.24, 2.45) is 17.8 Å². The Kier molecular flexibility index (Phi) is 3.82. The van der Waals surface area contributed by atoms with Gasteiger partial charge in [0.1, 0.15) is 5.75 Å². The summed E-state index contributed by atoms with van der Waals surface area (Å²) in [5.74, 6) is 2.75. The van der Waals surface area contributed by atoms with Gasteiger partial charge in [-0.05, 0) is 61.1 Å². The first-order chi connectivity index (χ1) is 9.67. The van der Waals surface area contributed by atoms with Gasteiger partial charge in [-0.25, -0.2) is 0 Å². The lowest BCUT2D eigenvalue weighted by atomic mass is 9.89. The normalized spacial score (nSPS) is 29.4. The van der Waals surface area contributed by atoms with Crippen LogP contribution in [0.1, 0.15) is 57.4 Å². The van der Waals surface area contributed by atoms with Crippen molar-refractivity contribution in [3.63, 3.8) is 0 Å². The molecule has 2 nitrogen and oxygen atoms in total. The highest BCUT2D eigenvalue weighted by Crippen LogP contribution is 2.48. The molecule has 2 fully saturated rings. The highest BCUT2D eigenvalue weighted by Gasteiger charge is 2.44. The summed E-state index contributed by atoms with van der Waals surface area (Å²) < 4.78 is 5.65. The van der Waals surface area contributed by atoms with Crippen LogP contribution in [0.2, 0.25) is 0 Å². The van der Waals surface area contributed by atoms with E-state index < -0.39 is 0 Å². The van der Waals surface area contributed by atoms with Gasteiger partial charge >= 0.3 is 5.97 Å². The lowest BCUT2D eigenvalue weighted by Crippen LogP contribution is -2.25. The van der Waals surface area contributed by atoms with E-state index in [4.69, 9.17) is 4.74 Å². The summed E-state index contributed by atoms with van der Waals surface area (Å²) in [6, 6.07) is 8.03. The van der Waals surface area contributed by atoms with Gasteiger partial charge in [-0.15, -0.1) is 0 Å². The Balaban J connectivity index is 1.67. The Morgan fingerprint density at radius 3 is 2.85 bits per heavy atom. The van der Waals surface area contributed by atoms with Gasteiger partial charge in [0.05, 0.1) is 5.92 Å². The first-order valence-electron chi connectivity index (χ1n) is 7.99. The van der Waals surface area contributed by atoms with Gasteiger partial charge in [0.2, 0.25) is 0 Å². The van der Waals surface area contributed by atoms with Crippen LogP contribution in [0.4, 0.5) is 0 Å². The van der Waals surface area contributed by atoms with Crippen LogP contribution < -0.4 is 4.74 Å². The summed E-state index contributed by atoms with van der Waals surface area (Å²) in [5.41, 5.74) is 1.26. The molecule has 0 saturated heterocycles. The maximum absolute atomic E-state index is 12.3. The molecule has 2 aliphatic carbocycles. The summed E-state index contributed by atoms with van der Waals surface area (Å²) in [6.45, 7) is 4.38. The number of esters is 1. The molecule has 4 unspecified atom stereocenters. The van der Waals surface area contributed by atoms with Gasteiger partial charge in [-0.3, -0.25) is 4.79 Å². The van der Waals surface area contributed by atoms with Crippen LogP contribution >= 0.6 is 0 Å². The molecule has 4 atom stereocenters. The average molecular weight is 272 g/mol. The smallest absolute Gasteiger partial charge is 0.314 e. The minimum absolute atomic E-state index is 0.00139. The van der Waals surface area contributed by atoms with Crippen LogP contribution in [0.5, 0.6) is 5.75 Å². The van der Waals surface area contributed by atoms with Crippen molar-refractivity contribution in [1.82, 2.24) is 0 Å². The number of ether oxygens (including phenoxy) is 1. The van der Waals surface area contributed by atoms with Crippen LogP contribution in [0.25, 0.3) is 0 Å². The Hall–Kier alpha value is -1.31. The fraction of sp³-hybridized carbons (Fsp3) is 0.611. The molecule has 0 N–H and O–H groups in total. The van der Waals surface area contributed by atoms with E-state index >= 15 is 0 Å². The Bertz CT molecular complexity index is 494. The lowest BCUT2D eigenvalue weighted by molar-refractivity contribution is -0.140. The van der Waals surface area contributed by atoms with Crippen molar-refractivity contribution in [3.05, 3.63) is 29.8 Å². The van der Waals surface area contributed by atoms with Crippen LogP contribution in [0, 0.1) is 17.8 Å². The summed E-state index contributed by atoms with van der Waals surface area (Å²) in [4.78, 5) is 12.3. The SMILES string of the molecule is CCC(C)c1cccc(OC(=O)C2CC3CCC2C3)c1. The van der Waals surface area contributed by atoms with Crippen molar-refractivity contribution in [2.75, 3.05) is 0 Å². The lowest BCUT2D eigenvalue weighted by Gasteiger charge is -2.20. The minimum Gasteiger partial charge on any atom is -0.426 e. The Morgan fingerprint density at radius 2 is 2.20 bits per heavy atom. The first kappa shape index (κ1) is 13.7. The van der Waals surface area contributed by atoms with E-state index in [1.54, 1.807) is 0 Å². The molecule has 1 aromatic rings. The second-order valence-corrected chi connectivity index (χ2v) is 6.58. The molecule has 2 saturated carbocycles. The molecule has 0 aromatic heterocycles. The van der Waals surface area contributed by atoms with Crippen molar-refractivity contribution in [3.8, 4) is 5.75 Å². The summed E-state index contributed by atoms with van der Waals surface area (Å²) in [6.07, 6.45) is 5.93. The van der Waals surface area contributed by atoms with Gasteiger partial charge in [0, 0.05) is 0 Å². The number of hydrogen-bond acceptors (Lipinski definition) is 2. The van der Waals surface area contributed by atoms with E-state index in [2.05, 4.69) is 19.9 Å². The minimum atomic E-state index is -0.00139. The molecule has 3 rings (SSSR count). The largest absolute Gasteiger partial charge is 0.426 e. The van der Waals surface area contributed by atoms with Crippen molar-refractivity contribution in [1.29, 1.82) is 0 Å². The third-order valence-corrected chi connectivity index (χ3v) is 5.30. The monoisotopic (exact) mass is 272 g/mol. The number of hydrogen-bond donors (Lipinski definition) is 0. The predicted molar refractivity (Wildman–Crippen MR) is 79.7 cm³/mol. The molecule has 0 amide bonds. The van der Waals surface area contributed by atoms with Crippen LogP contribution in [0.3, 0.4) is 0 Å². The number of rotatable bonds is 4. The van der Waals surface area contributed by atoms with Gasteiger partial charge in [0.25, 0.3) is 0 Å². The molecule has 2 bridgehead atoms. The van der Waals surface area contributed by atoms with E-state index in [9.17, 15) is 4.79 Å². The Morgan fingerprint density at radius 1 is 1.35 bits per heavy atom. The van der Waals surface area contributed by atoms with Crippen LogP contribution in [-0.2, 0) is 4.79 Å². The van der Waals surface area contributed by atoms with Gasteiger partial charge in [0.15, 0.2) is 0 Å². The molecule has 0 spiro atoms. The second kappa shape index (κ2) is 5.59. The zero-order valence-electron chi connectivity index (χ0n) is 12.5. The van der Waals surface area contributed by atoms with E-state index in [1.807, 2.05) is 18.2 Å². The van der Waals surface area contributed by atoms with Crippen LogP contribution in [-0.4, -0.2) is 5.97 Å². The van der Waals surface area contributed by atoms with Gasteiger partial charge in [-0.2, -0.15) is 0 Å². The number of carbonyl (C=O) groups excluding carboxylic acids is 1. The molecular weight excluding hydrogens is 248 g/mol. The summed E-state index contributed by atoms with van der Waals surface area (Å²) in [7, 11) is 0. The fourth-order valence-corrected chi connectivity index (χ4v) is 3.85. The van der Waals surface area contributed by atoms with E-state index in [0.29, 0.717) is 11.8 Å². The van der Waals surface area contributed by atoms with Crippen molar-refractivity contribution >= 4 is 5.97 Å². The van der Waals surface area contributed by atoms with Crippen molar-refractivity contribution in [2.45, 2.75) is 51.9 Å². The molecule has 20 heavy (non-hydrogen) atoms. The second-order valence-electron chi connectivity index (χ2n) is 6.58. The highest BCUT2D eigenvalue weighted by atomic mass is 16.5. The number of carbonyl (C=O) groups is 1. The highest BCUT2D eigenvalue weighted by molar-refractivity contribution is 5.76. The standard InChI is InChI=1S/C18H24O2/c1-3-12(2)14-5-4-6-16(11-14)20-18(19)17-10-13-7-8-15(17)9-13/h4-6,11-13,15,17H,3,7-10H2,1-2H3. The zero-order chi connectivity index (χ0) is 14.1. The molecule has 2 aliphatic rings. The zero-order valence-corrected chi connectivity index (χ0v) is 12.5.